The molecular formula is C15H22O4. The van der Waals surface area contributed by atoms with E-state index in [1.165, 1.54) is 19.8 Å². The second kappa shape index (κ2) is 6.04. The van der Waals surface area contributed by atoms with Gasteiger partial charge in [0.2, 0.25) is 0 Å². The van der Waals surface area contributed by atoms with E-state index in [2.05, 4.69) is 36.3 Å². The number of esters is 2. The fraction of sp³-hybridized carbons (Fsp3) is 0.600. The molecule has 0 saturated carbocycles. The first kappa shape index (κ1) is 15.5. The van der Waals surface area contributed by atoms with Crippen molar-refractivity contribution in [2.75, 3.05) is 14.2 Å². The van der Waals surface area contributed by atoms with E-state index in [9.17, 15) is 9.59 Å². The van der Waals surface area contributed by atoms with Gasteiger partial charge in [-0.25, -0.2) is 0 Å². The maximum Gasteiger partial charge on any atom is 0.323 e. The zero-order valence-electron chi connectivity index (χ0n) is 12.2. The van der Waals surface area contributed by atoms with Crippen LogP contribution in [0, 0.1) is 17.3 Å². The highest BCUT2D eigenvalue weighted by atomic mass is 16.5. The minimum atomic E-state index is -0.980. The summed E-state index contributed by atoms with van der Waals surface area (Å²) >= 11 is 0. The second-order valence-corrected chi connectivity index (χ2v) is 5.36. The van der Waals surface area contributed by atoms with Gasteiger partial charge in [0.15, 0.2) is 5.92 Å². The zero-order chi connectivity index (χ0) is 14.6. The van der Waals surface area contributed by atoms with Crippen molar-refractivity contribution in [3.8, 4) is 0 Å². The van der Waals surface area contributed by atoms with Gasteiger partial charge in [0, 0.05) is 0 Å². The summed E-state index contributed by atoms with van der Waals surface area (Å²) in [5.41, 5.74) is 1.38. The van der Waals surface area contributed by atoms with E-state index in [1.807, 2.05) is 6.08 Å². The molecule has 0 aliphatic heterocycles. The van der Waals surface area contributed by atoms with Gasteiger partial charge in [-0.3, -0.25) is 9.59 Å². The topological polar surface area (TPSA) is 52.6 Å². The summed E-state index contributed by atoms with van der Waals surface area (Å²) in [4.78, 5) is 23.1. The molecule has 1 unspecified atom stereocenters. The van der Waals surface area contributed by atoms with Crippen molar-refractivity contribution in [1.29, 1.82) is 0 Å². The summed E-state index contributed by atoms with van der Waals surface area (Å²) in [7, 11) is 2.52. The van der Waals surface area contributed by atoms with Crippen LogP contribution in [0.3, 0.4) is 0 Å². The van der Waals surface area contributed by atoms with Gasteiger partial charge in [-0.2, -0.15) is 0 Å². The molecular weight excluding hydrogens is 244 g/mol. The monoisotopic (exact) mass is 266 g/mol. The second-order valence-electron chi connectivity index (χ2n) is 5.36. The van der Waals surface area contributed by atoms with E-state index in [0.717, 1.165) is 6.42 Å². The van der Waals surface area contributed by atoms with Gasteiger partial charge in [0.05, 0.1) is 14.2 Å². The Balaban J connectivity index is 2.84. The van der Waals surface area contributed by atoms with Crippen LogP contribution in [0.25, 0.3) is 0 Å². The lowest BCUT2D eigenvalue weighted by molar-refractivity contribution is -0.156. The molecule has 0 spiro atoms. The Labute approximate surface area is 114 Å². The molecule has 1 rings (SSSR count). The van der Waals surface area contributed by atoms with E-state index in [4.69, 9.17) is 0 Å². The van der Waals surface area contributed by atoms with Gasteiger partial charge in [0.25, 0.3) is 0 Å². The number of rotatable bonds is 4. The van der Waals surface area contributed by atoms with Crippen molar-refractivity contribution in [2.24, 2.45) is 17.3 Å². The van der Waals surface area contributed by atoms with Crippen LogP contribution in [-0.4, -0.2) is 26.2 Å². The van der Waals surface area contributed by atoms with E-state index in [1.54, 1.807) is 6.08 Å². The average molecular weight is 266 g/mol. The standard InChI is InChI=1S/C15H22O4/c1-10-6-7-11(15(10,2)3)8-9-12(13(16)18-4)14(17)19-5/h6,8-9,11-12H,7H2,1-5H3. The summed E-state index contributed by atoms with van der Waals surface area (Å²) in [5.74, 6) is -1.89. The van der Waals surface area contributed by atoms with E-state index in [0.29, 0.717) is 0 Å². The molecule has 0 amide bonds. The van der Waals surface area contributed by atoms with E-state index in [-0.39, 0.29) is 11.3 Å². The number of carbonyl (C=O) groups excluding carboxylic acids is 2. The van der Waals surface area contributed by atoms with Crippen LogP contribution in [0.15, 0.2) is 23.8 Å². The Bertz CT molecular complexity index is 402. The Morgan fingerprint density at radius 2 is 1.84 bits per heavy atom. The van der Waals surface area contributed by atoms with Crippen LogP contribution in [-0.2, 0) is 19.1 Å². The van der Waals surface area contributed by atoms with Crippen LogP contribution in [0.2, 0.25) is 0 Å². The minimum Gasteiger partial charge on any atom is -0.468 e. The molecule has 0 fully saturated rings. The molecule has 4 nitrogen and oxygen atoms in total. The Hall–Kier alpha value is -1.58. The first-order chi connectivity index (χ1) is 8.84. The molecule has 0 radical (unpaired) electrons. The smallest absolute Gasteiger partial charge is 0.323 e. The maximum atomic E-state index is 11.6. The molecule has 1 aliphatic carbocycles. The van der Waals surface area contributed by atoms with Crippen molar-refractivity contribution in [1.82, 2.24) is 0 Å². The molecule has 1 atom stereocenters. The average Bonchev–Trinajstić information content (AvgIpc) is 2.64. The number of hydrogen-bond donors (Lipinski definition) is 0. The molecule has 0 bridgehead atoms. The van der Waals surface area contributed by atoms with Gasteiger partial charge in [-0.05, 0) is 24.7 Å². The molecule has 0 N–H and O–H groups in total. The zero-order valence-corrected chi connectivity index (χ0v) is 12.2. The third-order valence-electron chi connectivity index (χ3n) is 4.07. The van der Waals surface area contributed by atoms with Gasteiger partial charge < -0.3 is 9.47 Å². The lowest BCUT2D eigenvalue weighted by Gasteiger charge is -2.27. The predicted molar refractivity (Wildman–Crippen MR) is 72.3 cm³/mol. The molecule has 0 aromatic rings. The van der Waals surface area contributed by atoms with Gasteiger partial charge in [-0.15, -0.1) is 0 Å². The van der Waals surface area contributed by atoms with Crippen molar-refractivity contribution in [2.45, 2.75) is 27.2 Å². The minimum absolute atomic E-state index is 0.0489. The highest BCUT2D eigenvalue weighted by molar-refractivity contribution is 5.96. The number of carbonyl (C=O) groups is 2. The summed E-state index contributed by atoms with van der Waals surface area (Å²) < 4.78 is 9.24. The van der Waals surface area contributed by atoms with Crippen molar-refractivity contribution < 1.29 is 19.1 Å². The predicted octanol–water partition coefficient (Wildman–Crippen LogP) is 2.50. The molecule has 0 aromatic heterocycles. The van der Waals surface area contributed by atoms with Gasteiger partial charge in [-0.1, -0.05) is 37.6 Å². The molecule has 106 valence electrons. The number of allylic oxidation sites excluding steroid dienone is 3. The summed E-state index contributed by atoms with van der Waals surface area (Å²) in [6, 6.07) is 0. The molecule has 0 aromatic carbocycles. The third-order valence-corrected chi connectivity index (χ3v) is 4.07. The number of methoxy groups -OCH3 is 2. The van der Waals surface area contributed by atoms with Crippen LogP contribution >= 0.6 is 0 Å². The SMILES string of the molecule is COC(=O)C(C=CC1CC=C(C)C1(C)C)C(=O)OC. The Kier molecular flexibility index (Phi) is 4.92. The number of ether oxygens (including phenoxy) is 2. The fourth-order valence-electron chi connectivity index (χ4n) is 2.23. The van der Waals surface area contributed by atoms with Crippen molar-refractivity contribution in [3.63, 3.8) is 0 Å². The quantitative estimate of drug-likeness (QED) is 0.445. The largest absolute Gasteiger partial charge is 0.468 e. The van der Waals surface area contributed by atoms with Crippen molar-refractivity contribution in [3.05, 3.63) is 23.8 Å². The summed E-state index contributed by atoms with van der Waals surface area (Å²) in [6.45, 7) is 6.42. The Morgan fingerprint density at radius 1 is 1.32 bits per heavy atom. The van der Waals surface area contributed by atoms with E-state index < -0.39 is 17.9 Å². The first-order valence-electron chi connectivity index (χ1n) is 6.35. The third kappa shape index (κ3) is 3.25. The van der Waals surface area contributed by atoms with Gasteiger partial charge in [0.1, 0.15) is 0 Å². The highest BCUT2D eigenvalue weighted by Gasteiger charge is 2.34. The van der Waals surface area contributed by atoms with Crippen molar-refractivity contribution >= 4 is 11.9 Å². The van der Waals surface area contributed by atoms with Crippen LogP contribution in [0.4, 0.5) is 0 Å². The first-order valence-corrected chi connectivity index (χ1v) is 6.35. The van der Waals surface area contributed by atoms with Crippen LogP contribution in [0.5, 0.6) is 0 Å². The maximum absolute atomic E-state index is 11.6. The Morgan fingerprint density at radius 3 is 2.21 bits per heavy atom. The number of hydrogen-bond acceptors (Lipinski definition) is 4. The fourth-order valence-corrected chi connectivity index (χ4v) is 2.23. The lowest BCUT2D eigenvalue weighted by Crippen LogP contribution is -2.25. The summed E-state index contributed by atoms with van der Waals surface area (Å²) in [5, 5.41) is 0. The molecule has 4 heteroatoms. The molecule has 1 aliphatic rings. The normalized spacial score (nSPS) is 21.6. The van der Waals surface area contributed by atoms with Crippen LogP contribution in [0.1, 0.15) is 27.2 Å². The lowest BCUT2D eigenvalue weighted by atomic mass is 9.77. The van der Waals surface area contributed by atoms with Crippen LogP contribution < -0.4 is 0 Å². The summed E-state index contributed by atoms with van der Waals surface area (Å²) in [6.07, 6.45) is 6.63. The molecule has 0 saturated heterocycles. The molecule has 0 heterocycles. The molecule has 19 heavy (non-hydrogen) atoms. The van der Waals surface area contributed by atoms with E-state index >= 15 is 0 Å². The van der Waals surface area contributed by atoms with Gasteiger partial charge >= 0.3 is 11.9 Å². The highest BCUT2D eigenvalue weighted by Crippen LogP contribution is 2.43.